The summed E-state index contributed by atoms with van der Waals surface area (Å²) in [5.41, 5.74) is 2.13. The number of benzene rings is 1. The van der Waals surface area contributed by atoms with Gasteiger partial charge in [0.25, 0.3) is 12.9 Å². The molecule has 1 unspecified atom stereocenters. The number of morpholine rings is 1. The molecule has 36 heavy (non-hydrogen) atoms. The lowest BCUT2D eigenvalue weighted by molar-refractivity contribution is -0.123. The highest BCUT2D eigenvalue weighted by atomic mass is 16.5. The third-order valence-electron chi connectivity index (χ3n) is 5.26. The molecule has 196 valence electrons. The minimum Gasteiger partial charge on any atom is -0.493 e. The average Bonchev–Trinajstić information content (AvgIpc) is 3.53. The van der Waals surface area contributed by atoms with E-state index >= 15 is 0 Å². The van der Waals surface area contributed by atoms with Crippen LogP contribution in [0.2, 0.25) is 0 Å². The van der Waals surface area contributed by atoms with Gasteiger partial charge in [-0.1, -0.05) is 6.07 Å². The van der Waals surface area contributed by atoms with Crippen LogP contribution in [-0.4, -0.2) is 93.8 Å². The number of rotatable bonds is 8. The summed E-state index contributed by atoms with van der Waals surface area (Å²) in [6.07, 6.45) is 4.85. The fraction of sp³-hybridized carbons (Fsp3) is 0.435. The number of methoxy groups -OCH3 is 2. The molecule has 1 fully saturated rings. The van der Waals surface area contributed by atoms with Crippen LogP contribution >= 0.6 is 0 Å². The first kappa shape index (κ1) is 28.3. The molecule has 3 heterocycles. The van der Waals surface area contributed by atoms with Gasteiger partial charge in [-0.3, -0.25) is 9.59 Å². The molecule has 0 radical (unpaired) electrons. The Morgan fingerprint density at radius 1 is 1.19 bits per heavy atom. The molecular weight excluding hydrogens is 472 g/mol. The molecule has 1 atom stereocenters. The molecule has 0 saturated carbocycles. The second-order valence-electron chi connectivity index (χ2n) is 7.63. The highest BCUT2D eigenvalue weighted by Gasteiger charge is 2.26. The molecule has 1 aliphatic heterocycles. The molecular formula is C23H32N6O7. The number of nitrogens with zero attached hydrogens (tertiary/aromatic N) is 5. The minimum atomic E-state index is -0.250. The molecule has 0 spiro atoms. The van der Waals surface area contributed by atoms with E-state index in [1.807, 2.05) is 29.1 Å². The first-order valence-electron chi connectivity index (χ1n) is 11.1. The lowest BCUT2D eigenvalue weighted by Crippen LogP contribution is -2.36. The predicted molar refractivity (Wildman–Crippen MR) is 128 cm³/mol. The third-order valence-corrected chi connectivity index (χ3v) is 5.26. The highest BCUT2D eigenvalue weighted by Crippen LogP contribution is 2.28. The van der Waals surface area contributed by atoms with Gasteiger partial charge in [0.05, 0.1) is 27.2 Å². The van der Waals surface area contributed by atoms with Gasteiger partial charge in [-0.05, 0) is 24.7 Å². The van der Waals surface area contributed by atoms with Gasteiger partial charge in [-0.25, -0.2) is 14.6 Å². The number of carbonyl (C=O) groups is 2. The number of aromatic amines is 1. The van der Waals surface area contributed by atoms with Gasteiger partial charge in [0, 0.05) is 44.4 Å². The van der Waals surface area contributed by atoms with Gasteiger partial charge in [0.2, 0.25) is 0 Å². The van der Waals surface area contributed by atoms with Crippen molar-refractivity contribution in [2.24, 2.45) is 0 Å². The van der Waals surface area contributed by atoms with Crippen LogP contribution in [-0.2, 0) is 33.7 Å². The minimum absolute atomic E-state index is 0.0860. The largest absolute Gasteiger partial charge is 0.493 e. The first-order valence-corrected chi connectivity index (χ1v) is 11.1. The average molecular weight is 505 g/mol. The standard InChI is InChI=1S/C21H28N6O3.2CH2O2/c1-26-8-9-30-19(13-26)21-24-20(25-27(21)7-6-16-12-22-14-23-16)11-15-4-5-17(28-2)18(10-15)29-3;2*2-1-3/h4-5,10,12,14,19H,6-9,11,13H2,1-3H3,(H,22,23);2*1H,(H,2,3). The lowest BCUT2D eigenvalue weighted by Gasteiger charge is -2.29. The number of hydrogen-bond donors (Lipinski definition) is 3. The summed E-state index contributed by atoms with van der Waals surface area (Å²) in [7, 11) is 5.37. The second-order valence-corrected chi connectivity index (χ2v) is 7.63. The van der Waals surface area contributed by atoms with E-state index in [1.165, 1.54) is 0 Å². The summed E-state index contributed by atoms with van der Waals surface area (Å²) in [6, 6.07) is 5.88. The van der Waals surface area contributed by atoms with Crippen molar-refractivity contribution in [2.75, 3.05) is 41.0 Å². The van der Waals surface area contributed by atoms with E-state index in [1.54, 1.807) is 20.5 Å². The van der Waals surface area contributed by atoms with Crippen LogP contribution in [0, 0.1) is 0 Å². The Morgan fingerprint density at radius 2 is 1.92 bits per heavy atom. The number of hydrogen-bond acceptors (Lipinski definition) is 9. The Hall–Kier alpha value is -3.97. The topological polar surface area (TPSA) is 165 Å². The van der Waals surface area contributed by atoms with Crippen LogP contribution in [0.5, 0.6) is 11.5 Å². The molecule has 1 saturated heterocycles. The lowest BCUT2D eigenvalue weighted by atomic mass is 10.1. The van der Waals surface area contributed by atoms with E-state index in [0.717, 1.165) is 42.4 Å². The van der Waals surface area contributed by atoms with E-state index in [0.29, 0.717) is 31.1 Å². The quantitative estimate of drug-likeness (QED) is 0.378. The molecule has 13 heteroatoms. The van der Waals surface area contributed by atoms with E-state index in [-0.39, 0.29) is 19.0 Å². The van der Waals surface area contributed by atoms with Crippen molar-refractivity contribution in [3.63, 3.8) is 0 Å². The molecule has 3 aromatic rings. The van der Waals surface area contributed by atoms with Gasteiger partial charge in [-0.15, -0.1) is 0 Å². The van der Waals surface area contributed by atoms with Gasteiger partial charge in [-0.2, -0.15) is 5.10 Å². The summed E-state index contributed by atoms with van der Waals surface area (Å²) >= 11 is 0. The van der Waals surface area contributed by atoms with Crippen LogP contribution in [0.4, 0.5) is 0 Å². The predicted octanol–water partition coefficient (Wildman–Crippen LogP) is 1.26. The fourth-order valence-electron chi connectivity index (χ4n) is 3.64. The summed E-state index contributed by atoms with van der Waals surface area (Å²) in [5.74, 6) is 3.04. The number of aryl methyl sites for hydroxylation is 2. The summed E-state index contributed by atoms with van der Waals surface area (Å²) < 4.78 is 18.7. The zero-order chi connectivity index (χ0) is 26.3. The Labute approximate surface area is 208 Å². The normalized spacial score (nSPS) is 15.0. The molecule has 0 aliphatic carbocycles. The van der Waals surface area contributed by atoms with Crippen LogP contribution in [0.25, 0.3) is 0 Å². The van der Waals surface area contributed by atoms with Crippen molar-refractivity contribution >= 4 is 12.9 Å². The highest BCUT2D eigenvalue weighted by molar-refractivity contribution is 5.43. The van der Waals surface area contributed by atoms with Gasteiger partial charge >= 0.3 is 0 Å². The van der Waals surface area contributed by atoms with Crippen molar-refractivity contribution < 1.29 is 34.0 Å². The Morgan fingerprint density at radius 3 is 2.53 bits per heavy atom. The monoisotopic (exact) mass is 504 g/mol. The Kier molecular flexibility index (Phi) is 11.9. The number of aromatic nitrogens is 5. The third kappa shape index (κ3) is 8.36. The summed E-state index contributed by atoms with van der Waals surface area (Å²) in [6.45, 7) is 2.63. The zero-order valence-corrected chi connectivity index (χ0v) is 20.5. The van der Waals surface area contributed by atoms with Crippen LogP contribution in [0.3, 0.4) is 0 Å². The van der Waals surface area contributed by atoms with Crippen LogP contribution in [0.1, 0.15) is 29.0 Å². The van der Waals surface area contributed by atoms with E-state index in [9.17, 15) is 0 Å². The molecule has 1 aromatic carbocycles. The van der Waals surface area contributed by atoms with Crippen LogP contribution < -0.4 is 9.47 Å². The Bertz CT molecular complexity index is 1050. The van der Waals surface area contributed by atoms with Crippen molar-refractivity contribution in [2.45, 2.75) is 25.5 Å². The van der Waals surface area contributed by atoms with Gasteiger partial charge < -0.3 is 34.3 Å². The molecule has 13 nitrogen and oxygen atoms in total. The van der Waals surface area contributed by atoms with Crippen molar-refractivity contribution in [3.8, 4) is 11.5 Å². The SMILES string of the molecule is COc1ccc(Cc2nc(C3CN(C)CCO3)n(CCc3cnc[nH]3)n2)cc1OC.O=CO.O=CO. The molecule has 1 aliphatic rings. The number of carboxylic acid groups (broad SMARTS) is 2. The van der Waals surface area contributed by atoms with Crippen molar-refractivity contribution in [3.05, 3.63) is 53.6 Å². The maximum Gasteiger partial charge on any atom is 0.290 e. The maximum absolute atomic E-state index is 8.36. The first-order chi connectivity index (χ1) is 17.5. The van der Waals surface area contributed by atoms with Gasteiger partial charge in [0.15, 0.2) is 23.1 Å². The molecule has 2 aromatic heterocycles. The number of H-pyrrole nitrogens is 1. The molecule has 0 amide bonds. The fourth-order valence-corrected chi connectivity index (χ4v) is 3.64. The van der Waals surface area contributed by atoms with E-state index in [4.69, 9.17) is 44.1 Å². The van der Waals surface area contributed by atoms with Gasteiger partial charge in [0.1, 0.15) is 6.10 Å². The van der Waals surface area contributed by atoms with Crippen molar-refractivity contribution in [1.82, 2.24) is 29.6 Å². The van der Waals surface area contributed by atoms with Crippen molar-refractivity contribution in [1.29, 1.82) is 0 Å². The number of imidazole rings is 1. The zero-order valence-electron chi connectivity index (χ0n) is 20.5. The number of likely N-dealkylation sites (N-methyl/N-ethyl adjacent to an activating group) is 1. The smallest absolute Gasteiger partial charge is 0.290 e. The summed E-state index contributed by atoms with van der Waals surface area (Å²) in [4.78, 5) is 31.1. The van der Waals surface area contributed by atoms with E-state index in [2.05, 4.69) is 21.9 Å². The number of ether oxygens (including phenoxy) is 3. The van der Waals surface area contributed by atoms with Crippen LogP contribution in [0.15, 0.2) is 30.7 Å². The number of nitrogens with one attached hydrogen (secondary N) is 1. The van der Waals surface area contributed by atoms with E-state index < -0.39 is 0 Å². The molecule has 0 bridgehead atoms. The summed E-state index contributed by atoms with van der Waals surface area (Å²) in [5, 5.41) is 18.6. The second kappa shape index (κ2) is 15.1. The Balaban J connectivity index is 0.000000693. The molecule has 3 N–H and O–H groups in total. The maximum atomic E-state index is 8.36. The molecule has 4 rings (SSSR count).